The summed E-state index contributed by atoms with van der Waals surface area (Å²) in [4.78, 5) is 10.9. The van der Waals surface area contributed by atoms with Gasteiger partial charge < -0.3 is 5.11 Å². The van der Waals surface area contributed by atoms with Gasteiger partial charge in [-0.2, -0.15) is 5.10 Å². The van der Waals surface area contributed by atoms with Crippen molar-refractivity contribution >= 4 is 5.97 Å². The molecule has 0 atom stereocenters. The molecule has 0 aliphatic heterocycles. The van der Waals surface area contributed by atoms with Crippen molar-refractivity contribution < 1.29 is 14.3 Å². The molecule has 0 fully saturated rings. The van der Waals surface area contributed by atoms with E-state index in [2.05, 4.69) is 5.10 Å². The number of aromatic nitrogens is 2. The molecule has 0 amide bonds. The van der Waals surface area contributed by atoms with Crippen molar-refractivity contribution in [2.24, 2.45) is 0 Å². The average Bonchev–Trinajstić information content (AvgIpc) is 2.75. The van der Waals surface area contributed by atoms with Crippen LogP contribution in [0.2, 0.25) is 0 Å². The minimum atomic E-state index is -1.25. The van der Waals surface area contributed by atoms with Crippen molar-refractivity contribution in [2.75, 3.05) is 0 Å². The van der Waals surface area contributed by atoms with Gasteiger partial charge in [0.15, 0.2) is 0 Å². The molecule has 1 N–H and O–H groups in total. The summed E-state index contributed by atoms with van der Waals surface area (Å²) < 4.78 is 15.5. The topological polar surface area (TPSA) is 55.1 Å². The highest BCUT2D eigenvalue weighted by molar-refractivity contribution is 5.90. The quantitative estimate of drug-likeness (QED) is 0.908. The summed E-state index contributed by atoms with van der Waals surface area (Å²) in [5, 5.41) is 13.0. The number of carboxylic acid groups (broad SMARTS) is 1. The number of benzene rings is 1. The molecule has 0 radical (unpaired) electrons. The normalized spacial score (nSPS) is 10.6. The van der Waals surface area contributed by atoms with E-state index >= 15 is 0 Å². The zero-order valence-corrected chi connectivity index (χ0v) is 10.1. The predicted octanol–water partition coefficient (Wildman–Crippen LogP) is 2.72. The fourth-order valence-electron chi connectivity index (χ4n) is 1.87. The van der Waals surface area contributed by atoms with Crippen LogP contribution in [-0.4, -0.2) is 20.9 Å². The van der Waals surface area contributed by atoms with Gasteiger partial charge >= 0.3 is 5.97 Å². The molecule has 1 heterocycles. The minimum absolute atomic E-state index is 0.276. The Morgan fingerprint density at radius 3 is 2.67 bits per heavy atom. The number of carboxylic acids is 1. The van der Waals surface area contributed by atoms with E-state index in [1.807, 2.05) is 6.92 Å². The van der Waals surface area contributed by atoms with Crippen molar-refractivity contribution in [2.45, 2.75) is 20.4 Å². The highest BCUT2D eigenvalue weighted by Gasteiger charge is 2.15. The number of nitrogens with zero attached hydrogens (tertiary/aromatic N) is 2. The van der Waals surface area contributed by atoms with E-state index in [1.54, 1.807) is 30.1 Å². The van der Waals surface area contributed by atoms with Crippen LogP contribution in [0.3, 0.4) is 0 Å². The van der Waals surface area contributed by atoms with Crippen molar-refractivity contribution in [3.63, 3.8) is 0 Å². The monoisotopic (exact) mass is 248 g/mol. The van der Waals surface area contributed by atoms with E-state index in [-0.39, 0.29) is 5.56 Å². The smallest absolute Gasteiger partial charge is 0.338 e. The van der Waals surface area contributed by atoms with Crippen LogP contribution in [0.25, 0.3) is 11.1 Å². The number of rotatable bonds is 3. The first-order valence-electron chi connectivity index (χ1n) is 5.59. The lowest BCUT2D eigenvalue weighted by atomic mass is 10.0. The van der Waals surface area contributed by atoms with Crippen molar-refractivity contribution in [3.8, 4) is 11.1 Å². The summed E-state index contributed by atoms with van der Waals surface area (Å²) in [5.41, 5.74) is 1.54. The Morgan fingerprint density at radius 1 is 1.44 bits per heavy atom. The molecule has 0 bridgehead atoms. The van der Waals surface area contributed by atoms with Gasteiger partial charge in [-0.1, -0.05) is 6.07 Å². The lowest BCUT2D eigenvalue weighted by molar-refractivity contribution is 0.0691. The second kappa shape index (κ2) is 4.60. The number of carbonyl (C=O) groups is 1. The van der Waals surface area contributed by atoms with E-state index in [0.29, 0.717) is 11.1 Å². The van der Waals surface area contributed by atoms with E-state index in [0.717, 1.165) is 12.1 Å². The van der Waals surface area contributed by atoms with E-state index in [1.165, 1.54) is 6.07 Å². The molecule has 1 aromatic heterocycles. The summed E-state index contributed by atoms with van der Waals surface area (Å²) in [5.74, 6) is -1.97. The molecule has 5 heteroatoms. The lowest BCUT2D eigenvalue weighted by Gasteiger charge is -2.05. The molecule has 2 rings (SSSR count). The summed E-state index contributed by atoms with van der Waals surface area (Å²) in [7, 11) is 0. The highest BCUT2D eigenvalue weighted by atomic mass is 19.1. The summed E-state index contributed by atoms with van der Waals surface area (Å²) in [6.45, 7) is 4.27. The number of halogens is 1. The SMILES string of the molecule is CCn1cc(-c2cc(C)c(C(=O)O)c(F)c2)cn1. The van der Waals surface area contributed by atoms with Gasteiger partial charge in [-0.25, -0.2) is 9.18 Å². The zero-order chi connectivity index (χ0) is 13.3. The maximum Gasteiger partial charge on any atom is 0.338 e. The van der Waals surface area contributed by atoms with Crippen molar-refractivity contribution in [1.82, 2.24) is 9.78 Å². The van der Waals surface area contributed by atoms with E-state index in [9.17, 15) is 9.18 Å². The largest absolute Gasteiger partial charge is 0.478 e. The molecule has 18 heavy (non-hydrogen) atoms. The molecule has 0 aliphatic carbocycles. The van der Waals surface area contributed by atoms with E-state index in [4.69, 9.17) is 5.11 Å². The van der Waals surface area contributed by atoms with Crippen LogP contribution < -0.4 is 0 Å². The first-order chi connectivity index (χ1) is 8.52. The number of hydrogen-bond acceptors (Lipinski definition) is 2. The van der Waals surface area contributed by atoms with Gasteiger partial charge in [0.2, 0.25) is 0 Å². The van der Waals surface area contributed by atoms with Crippen molar-refractivity contribution in [3.05, 3.63) is 41.5 Å². The minimum Gasteiger partial charge on any atom is -0.478 e. The molecule has 0 unspecified atom stereocenters. The van der Waals surface area contributed by atoms with Crippen molar-refractivity contribution in [1.29, 1.82) is 0 Å². The Bertz CT molecular complexity index is 582. The highest BCUT2D eigenvalue weighted by Crippen LogP contribution is 2.24. The summed E-state index contributed by atoms with van der Waals surface area (Å²) in [6.07, 6.45) is 3.44. The maximum absolute atomic E-state index is 13.7. The zero-order valence-electron chi connectivity index (χ0n) is 10.1. The summed E-state index contributed by atoms with van der Waals surface area (Å²) >= 11 is 0. The first-order valence-corrected chi connectivity index (χ1v) is 5.59. The number of aryl methyl sites for hydroxylation is 2. The predicted molar refractivity (Wildman–Crippen MR) is 65.0 cm³/mol. The molecule has 94 valence electrons. The van der Waals surface area contributed by atoms with Gasteiger partial charge in [0.05, 0.1) is 11.8 Å². The fraction of sp³-hybridized carbons (Fsp3) is 0.231. The van der Waals surface area contributed by atoms with Crippen LogP contribution in [0.1, 0.15) is 22.8 Å². The first kappa shape index (κ1) is 12.3. The van der Waals surface area contributed by atoms with Crippen LogP contribution >= 0.6 is 0 Å². The van der Waals surface area contributed by atoms with Gasteiger partial charge in [0.25, 0.3) is 0 Å². The second-order valence-corrected chi connectivity index (χ2v) is 4.04. The average molecular weight is 248 g/mol. The van der Waals surface area contributed by atoms with Crippen LogP contribution in [0.5, 0.6) is 0 Å². The third kappa shape index (κ3) is 2.11. The molecular formula is C13H13FN2O2. The van der Waals surface area contributed by atoms with Gasteiger partial charge in [0.1, 0.15) is 5.82 Å². The van der Waals surface area contributed by atoms with Crippen LogP contribution in [0.15, 0.2) is 24.5 Å². The lowest BCUT2D eigenvalue weighted by Crippen LogP contribution is -2.04. The second-order valence-electron chi connectivity index (χ2n) is 4.04. The Balaban J connectivity index is 2.50. The maximum atomic E-state index is 13.7. The molecule has 0 spiro atoms. The molecule has 0 aliphatic rings. The third-order valence-corrected chi connectivity index (χ3v) is 2.79. The van der Waals surface area contributed by atoms with Gasteiger partial charge in [-0.15, -0.1) is 0 Å². The third-order valence-electron chi connectivity index (χ3n) is 2.79. The number of aromatic carboxylic acids is 1. The standard InChI is InChI=1S/C13H13FN2O2/c1-3-16-7-10(6-15-16)9-4-8(2)12(13(17)18)11(14)5-9/h4-7H,3H2,1-2H3,(H,17,18). The Hall–Kier alpha value is -2.17. The summed E-state index contributed by atoms with van der Waals surface area (Å²) in [6, 6.07) is 2.89. The van der Waals surface area contributed by atoms with Gasteiger partial charge in [0, 0.05) is 18.3 Å². The number of hydrogen-bond donors (Lipinski definition) is 1. The molecule has 0 saturated carbocycles. The molecule has 4 nitrogen and oxygen atoms in total. The Morgan fingerprint density at radius 2 is 2.17 bits per heavy atom. The molecular weight excluding hydrogens is 235 g/mol. The van der Waals surface area contributed by atoms with E-state index < -0.39 is 11.8 Å². The van der Waals surface area contributed by atoms with Crippen LogP contribution in [0.4, 0.5) is 4.39 Å². The van der Waals surface area contributed by atoms with Crippen LogP contribution in [0, 0.1) is 12.7 Å². The fourth-order valence-corrected chi connectivity index (χ4v) is 1.87. The Labute approximate surface area is 104 Å². The van der Waals surface area contributed by atoms with Gasteiger partial charge in [-0.3, -0.25) is 4.68 Å². The Kier molecular flexibility index (Phi) is 3.14. The molecule has 0 saturated heterocycles. The molecule has 1 aromatic carbocycles. The van der Waals surface area contributed by atoms with Crippen LogP contribution in [-0.2, 0) is 6.54 Å². The van der Waals surface area contributed by atoms with Gasteiger partial charge in [-0.05, 0) is 31.0 Å². The molecule has 2 aromatic rings.